The highest BCUT2D eigenvalue weighted by Crippen LogP contribution is 2.16. The average Bonchev–Trinajstić information content (AvgIpc) is 3.13. The van der Waals surface area contributed by atoms with Crippen LogP contribution in [0.5, 0.6) is 0 Å². The van der Waals surface area contributed by atoms with Gasteiger partial charge < -0.3 is 41.4 Å². The van der Waals surface area contributed by atoms with Crippen molar-refractivity contribution in [1.29, 1.82) is 0 Å². The Labute approximate surface area is 365 Å². The molecule has 0 spiro atoms. The number of nitrogens with one attached hydrogen (secondary N) is 6. The van der Waals surface area contributed by atoms with E-state index in [4.69, 9.17) is 9.47 Å². The van der Waals surface area contributed by atoms with Crippen LogP contribution in [0, 0.1) is 41.4 Å². The van der Waals surface area contributed by atoms with Gasteiger partial charge in [0.2, 0.25) is 29.5 Å². The molecule has 6 N–H and O–H groups in total. The summed E-state index contributed by atoms with van der Waals surface area (Å²) in [6.07, 6.45) is 0.459. The fourth-order valence-corrected chi connectivity index (χ4v) is 6.47. The fraction of sp³-hybridized carbons (Fsp3) is 0.717. The summed E-state index contributed by atoms with van der Waals surface area (Å²) >= 11 is 0. The maximum absolute atomic E-state index is 13.6. The molecule has 0 bridgehead atoms. The molecule has 15 nitrogen and oxygen atoms in total. The van der Waals surface area contributed by atoms with E-state index in [-0.39, 0.29) is 98.7 Å². The summed E-state index contributed by atoms with van der Waals surface area (Å²) in [4.78, 5) is 90.8. The van der Waals surface area contributed by atoms with Gasteiger partial charge >= 0.3 is 12.1 Å². The molecule has 0 aliphatic rings. The minimum atomic E-state index is -0.672. The molecule has 0 fully saturated rings. The van der Waals surface area contributed by atoms with Gasteiger partial charge in [-0.05, 0) is 69.8 Å². The first-order valence-electron chi connectivity index (χ1n) is 22.0. The van der Waals surface area contributed by atoms with Gasteiger partial charge in [0.15, 0.2) is 0 Å². The number of hydrogen-bond donors (Lipinski definition) is 6. The summed E-state index contributed by atoms with van der Waals surface area (Å²) in [5.74, 6) is -3.47. The zero-order chi connectivity index (χ0) is 46.4. The second kappa shape index (κ2) is 27.3. The predicted molar refractivity (Wildman–Crippen MR) is 237 cm³/mol. The van der Waals surface area contributed by atoms with E-state index in [1.165, 1.54) is 0 Å². The van der Waals surface area contributed by atoms with Crippen LogP contribution in [0.4, 0.5) is 4.79 Å². The Morgan fingerprint density at radius 1 is 0.607 bits per heavy atom. The molecule has 1 aromatic carbocycles. The Kier molecular flexibility index (Phi) is 24.3. The van der Waals surface area contributed by atoms with Crippen molar-refractivity contribution >= 4 is 41.6 Å². The van der Waals surface area contributed by atoms with Crippen molar-refractivity contribution in [2.24, 2.45) is 41.4 Å². The maximum atomic E-state index is 13.6. The minimum absolute atomic E-state index is 0.0103. The number of hydrogen-bond acceptors (Lipinski definition) is 9. The molecular weight excluding hydrogens is 781 g/mol. The highest BCUT2D eigenvalue weighted by molar-refractivity contribution is 5.84. The summed E-state index contributed by atoms with van der Waals surface area (Å²) in [6.45, 7) is 24.6. The molecule has 0 heterocycles. The van der Waals surface area contributed by atoms with Gasteiger partial charge in [0.05, 0.1) is 24.2 Å². The van der Waals surface area contributed by atoms with Crippen molar-refractivity contribution in [1.82, 2.24) is 31.9 Å². The molecule has 0 aliphatic carbocycles. The Bertz CT molecular complexity index is 1540. The fourth-order valence-electron chi connectivity index (χ4n) is 6.47. The number of carbonyl (C=O) groups excluding carboxylic acids is 7. The van der Waals surface area contributed by atoms with Crippen LogP contribution in [-0.4, -0.2) is 85.0 Å². The van der Waals surface area contributed by atoms with Crippen molar-refractivity contribution in [3.05, 3.63) is 35.9 Å². The summed E-state index contributed by atoms with van der Waals surface area (Å²) in [5.41, 5.74) is 0.202. The molecule has 6 amide bonds. The third-order valence-corrected chi connectivity index (χ3v) is 9.91. The third-order valence-electron chi connectivity index (χ3n) is 9.91. The molecule has 0 radical (unpaired) electrons. The van der Waals surface area contributed by atoms with Crippen molar-refractivity contribution in [2.45, 2.75) is 152 Å². The van der Waals surface area contributed by atoms with Gasteiger partial charge in [0.25, 0.3) is 0 Å². The van der Waals surface area contributed by atoms with Crippen LogP contribution < -0.4 is 31.9 Å². The largest absolute Gasteiger partial charge is 0.461 e. The molecular formula is C46H78N6O9. The van der Waals surface area contributed by atoms with Crippen LogP contribution in [0.3, 0.4) is 0 Å². The highest BCUT2D eigenvalue weighted by atomic mass is 16.6. The second-order valence-electron chi connectivity index (χ2n) is 18.9. The molecule has 346 valence electrons. The van der Waals surface area contributed by atoms with E-state index in [2.05, 4.69) is 31.9 Å². The quantitative estimate of drug-likeness (QED) is 0.0658. The molecule has 0 unspecified atom stereocenters. The van der Waals surface area contributed by atoms with Crippen LogP contribution in [0.15, 0.2) is 30.3 Å². The first-order valence-corrected chi connectivity index (χ1v) is 22.0. The molecule has 61 heavy (non-hydrogen) atoms. The zero-order valence-corrected chi connectivity index (χ0v) is 39.2. The highest BCUT2D eigenvalue weighted by Gasteiger charge is 2.29. The molecule has 0 aliphatic heterocycles. The van der Waals surface area contributed by atoms with Gasteiger partial charge in [-0.25, -0.2) is 4.79 Å². The number of carbonyl (C=O) groups is 7. The van der Waals surface area contributed by atoms with E-state index in [9.17, 15) is 33.6 Å². The van der Waals surface area contributed by atoms with Gasteiger partial charge in [0.1, 0.15) is 12.2 Å². The average molecular weight is 859 g/mol. The van der Waals surface area contributed by atoms with Crippen molar-refractivity contribution < 1.29 is 43.0 Å². The van der Waals surface area contributed by atoms with Crippen LogP contribution in [0.1, 0.15) is 128 Å². The topological polar surface area (TPSA) is 210 Å². The molecule has 1 rings (SSSR count). The second-order valence-corrected chi connectivity index (χ2v) is 18.9. The lowest BCUT2D eigenvalue weighted by atomic mass is 9.93. The lowest BCUT2D eigenvalue weighted by Gasteiger charge is -2.27. The first-order chi connectivity index (χ1) is 28.4. The van der Waals surface area contributed by atoms with Crippen molar-refractivity contribution in [2.75, 3.05) is 19.6 Å². The molecule has 1 aromatic rings. The van der Waals surface area contributed by atoms with Gasteiger partial charge in [-0.15, -0.1) is 0 Å². The van der Waals surface area contributed by atoms with Crippen molar-refractivity contribution in [3.63, 3.8) is 0 Å². The van der Waals surface area contributed by atoms with Crippen LogP contribution >= 0.6 is 0 Å². The molecule has 6 atom stereocenters. The van der Waals surface area contributed by atoms with Gasteiger partial charge in [-0.1, -0.05) is 92.6 Å². The SMILES string of the molecule is CC(C)C[C@@H](CC(=O)OCc1ccccc1)NC(=O)[C@@H](C)CNC(=O)C[C@@H](NC(=O)[C@H](CNC(=O)C[C@H](C)NC(=O)[C@H](CNC(=O)OC(C)(C)C)C(C)C)CC(C)C)C(C)C. The number of alkyl carbamates (subject to hydrolysis) is 1. The van der Waals surface area contributed by atoms with Gasteiger partial charge in [-0.3, -0.25) is 28.8 Å². The number of ether oxygens (including phenoxy) is 2. The maximum Gasteiger partial charge on any atom is 0.407 e. The minimum Gasteiger partial charge on any atom is -0.461 e. The summed E-state index contributed by atoms with van der Waals surface area (Å²) < 4.78 is 10.7. The summed E-state index contributed by atoms with van der Waals surface area (Å²) in [6, 6.07) is 7.92. The lowest BCUT2D eigenvalue weighted by molar-refractivity contribution is -0.146. The number of benzene rings is 1. The smallest absolute Gasteiger partial charge is 0.407 e. The Balaban J connectivity index is 2.72. The Hall–Kier alpha value is -4.69. The standard InChI is InChI=1S/C46H78N6O9/c1-28(2)19-35(25-48-39(53)21-33(10)50-44(58)37(30(5)6)26-49-45(59)61-46(11,12)13)43(57)52-38(31(7)8)23-40(54)47-24-32(9)42(56)51-36(20-29(3)4)22-41(55)60-27-34-17-15-14-16-18-34/h14-18,28-33,35-38H,19-27H2,1-13H3,(H,47,54)(H,48,53)(H,49,59)(H,50,58)(H,51,56)(H,52,57)/t32-,33-,35-,36-,37+,38+/m0/s1. The van der Waals surface area contributed by atoms with E-state index >= 15 is 0 Å². The first kappa shape index (κ1) is 54.3. The van der Waals surface area contributed by atoms with E-state index < -0.39 is 53.5 Å². The summed E-state index contributed by atoms with van der Waals surface area (Å²) in [5, 5.41) is 17.2. The summed E-state index contributed by atoms with van der Waals surface area (Å²) in [7, 11) is 0. The van der Waals surface area contributed by atoms with Crippen LogP contribution in [0.25, 0.3) is 0 Å². The molecule has 0 saturated heterocycles. The number of esters is 1. The predicted octanol–water partition coefficient (Wildman–Crippen LogP) is 5.40. The molecule has 15 heteroatoms. The molecule has 0 aromatic heterocycles. The van der Waals surface area contributed by atoms with E-state index in [1.54, 1.807) is 34.6 Å². The Morgan fingerprint density at radius 3 is 1.75 bits per heavy atom. The molecule has 0 saturated carbocycles. The Morgan fingerprint density at radius 2 is 1.20 bits per heavy atom. The van der Waals surface area contributed by atoms with E-state index in [1.807, 2.05) is 85.7 Å². The lowest BCUT2D eigenvalue weighted by Crippen LogP contribution is -2.48. The normalized spacial score (nSPS) is 14.6. The van der Waals surface area contributed by atoms with Gasteiger partial charge in [-0.2, -0.15) is 0 Å². The van der Waals surface area contributed by atoms with Crippen LogP contribution in [0.2, 0.25) is 0 Å². The zero-order valence-electron chi connectivity index (χ0n) is 39.2. The number of amides is 6. The van der Waals surface area contributed by atoms with Gasteiger partial charge in [0, 0.05) is 50.6 Å². The van der Waals surface area contributed by atoms with E-state index in [0.717, 1.165) is 5.56 Å². The number of rotatable bonds is 26. The van der Waals surface area contributed by atoms with E-state index in [0.29, 0.717) is 12.8 Å². The van der Waals surface area contributed by atoms with Crippen molar-refractivity contribution in [3.8, 4) is 0 Å². The van der Waals surface area contributed by atoms with Crippen LogP contribution in [-0.2, 0) is 44.8 Å². The third kappa shape index (κ3) is 24.4. The monoisotopic (exact) mass is 859 g/mol.